The normalized spacial score (nSPS) is 20.1. The third kappa shape index (κ3) is 34.7. The van der Waals surface area contributed by atoms with Crippen molar-refractivity contribution in [3.8, 4) is 0 Å². The summed E-state index contributed by atoms with van der Waals surface area (Å²) in [5.74, 6) is -2.07. The number of allylic oxidation sites excluding steroid dienone is 10. The van der Waals surface area contributed by atoms with Crippen molar-refractivity contribution >= 4 is 22.1 Å². The SMILES string of the molecule is CCCCCCCC/C=C/CCCCCCCC(=O)O[C@H](COC(=O)CCC/C=C/C/C=C/C/C=C/C/C=C/CCCCCCCCC)CO[C@H]1O[C@H](CS(=O)(=O)O)[C@@H](O)C(O)C1O. The van der Waals surface area contributed by atoms with E-state index in [1.165, 1.54) is 83.5 Å². The lowest BCUT2D eigenvalue weighted by atomic mass is 10.00. The van der Waals surface area contributed by atoms with E-state index >= 15 is 0 Å². The Kier molecular flexibility index (Phi) is 37.7. The van der Waals surface area contributed by atoms with Crippen molar-refractivity contribution in [3.05, 3.63) is 60.8 Å². The van der Waals surface area contributed by atoms with Crippen LogP contribution >= 0.6 is 0 Å². The maximum atomic E-state index is 12.8. The maximum Gasteiger partial charge on any atom is 0.306 e. The summed E-state index contributed by atoms with van der Waals surface area (Å²) >= 11 is 0. The number of unbranched alkanes of at least 4 members (excludes halogenated alkanes) is 19. The number of carbonyl (C=O) groups is 2. The van der Waals surface area contributed by atoms with Gasteiger partial charge in [-0.25, -0.2) is 0 Å². The van der Waals surface area contributed by atoms with Crippen LogP contribution in [-0.4, -0.2) is 96.0 Å². The monoisotopic (exact) mass is 925 g/mol. The first-order chi connectivity index (χ1) is 31.0. The second-order valence-corrected chi connectivity index (χ2v) is 18.6. The summed E-state index contributed by atoms with van der Waals surface area (Å²) in [7, 11) is -4.61. The topological polar surface area (TPSA) is 186 Å². The Bertz CT molecular complexity index is 1410. The minimum Gasteiger partial charge on any atom is -0.462 e. The summed E-state index contributed by atoms with van der Waals surface area (Å²) in [6, 6.07) is 0. The third-order valence-corrected chi connectivity index (χ3v) is 11.8. The molecule has 1 aliphatic rings. The van der Waals surface area contributed by atoms with Gasteiger partial charge in [0.25, 0.3) is 10.1 Å². The van der Waals surface area contributed by atoms with E-state index in [-0.39, 0.29) is 19.4 Å². The molecule has 64 heavy (non-hydrogen) atoms. The van der Waals surface area contributed by atoms with E-state index in [1.807, 2.05) is 6.08 Å². The van der Waals surface area contributed by atoms with E-state index in [4.69, 9.17) is 18.9 Å². The van der Waals surface area contributed by atoms with Crippen LogP contribution in [0.3, 0.4) is 0 Å². The van der Waals surface area contributed by atoms with Crippen LogP contribution in [-0.2, 0) is 38.7 Å². The van der Waals surface area contributed by atoms with Crippen molar-refractivity contribution in [1.82, 2.24) is 0 Å². The van der Waals surface area contributed by atoms with Crippen molar-refractivity contribution in [3.63, 3.8) is 0 Å². The molecule has 2 unspecified atom stereocenters. The molecule has 0 radical (unpaired) electrons. The van der Waals surface area contributed by atoms with E-state index in [2.05, 4.69) is 68.5 Å². The Hall–Kier alpha value is -2.65. The van der Waals surface area contributed by atoms with Crippen LogP contribution in [0.1, 0.15) is 194 Å². The largest absolute Gasteiger partial charge is 0.462 e. The van der Waals surface area contributed by atoms with Crippen LogP contribution in [0.15, 0.2) is 60.8 Å². The molecule has 370 valence electrons. The first-order valence-electron chi connectivity index (χ1n) is 24.8. The van der Waals surface area contributed by atoms with Crippen molar-refractivity contribution < 1.29 is 56.8 Å². The molecule has 1 fully saturated rings. The third-order valence-electron chi connectivity index (χ3n) is 11.1. The summed E-state index contributed by atoms with van der Waals surface area (Å²) in [5.41, 5.74) is 0. The van der Waals surface area contributed by atoms with Crippen molar-refractivity contribution in [2.75, 3.05) is 19.0 Å². The lowest BCUT2D eigenvalue weighted by Gasteiger charge is -2.40. The zero-order valence-electron chi connectivity index (χ0n) is 39.6. The molecule has 0 aromatic heterocycles. The molecule has 12 nitrogen and oxygen atoms in total. The predicted molar refractivity (Wildman–Crippen MR) is 256 cm³/mol. The molecule has 0 aromatic rings. The molecular weight excluding hydrogens is 837 g/mol. The highest BCUT2D eigenvalue weighted by molar-refractivity contribution is 7.85. The summed E-state index contributed by atoms with van der Waals surface area (Å²) < 4.78 is 54.1. The molecule has 0 amide bonds. The van der Waals surface area contributed by atoms with E-state index in [0.29, 0.717) is 19.3 Å². The number of hydrogen-bond acceptors (Lipinski definition) is 11. The van der Waals surface area contributed by atoms with Crippen molar-refractivity contribution in [2.24, 2.45) is 0 Å². The lowest BCUT2D eigenvalue weighted by molar-refractivity contribution is -0.297. The Morgan fingerprint density at radius 2 is 0.953 bits per heavy atom. The zero-order chi connectivity index (χ0) is 46.9. The van der Waals surface area contributed by atoms with Crippen LogP contribution in [0.2, 0.25) is 0 Å². The molecule has 0 aliphatic carbocycles. The van der Waals surface area contributed by atoms with Gasteiger partial charge in [-0.3, -0.25) is 14.1 Å². The van der Waals surface area contributed by atoms with Crippen LogP contribution in [0.5, 0.6) is 0 Å². The average Bonchev–Trinajstić information content (AvgIpc) is 3.26. The molecule has 1 aliphatic heterocycles. The molecule has 0 aromatic carbocycles. The number of carbonyl (C=O) groups excluding carboxylic acids is 2. The molecular formula is C51H88O12S. The minimum absolute atomic E-state index is 0.140. The molecule has 0 bridgehead atoms. The second kappa shape index (κ2) is 40.6. The summed E-state index contributed by atoms with van der Waals surface area (Å²) in [6.07, 6.45) is 41.3. The van der Waals surface area contributed by atoms with Gasteiger partial charge in [-0.1, -0.05) is 164 Å². The van der Waals surface area contributed by atoms with Gasteiger partial charge >= 0.3 is 11.9 Å². The fourth-order valence-corrected chi connectivity index (χ4v) is 7.88. The van der Waals surface area contributed by atoms with Crippen LogP contribution in [0, 0.1) is 0 Å². The first-order valence-corrected chi connectivity index (χ1v) is 26.5. The van der Waals surface area contributed by atoms with Gasteiger partial charge in [0, 0.05) is 12.8 Å². The van der Waals surface area contributed by atoms with Crippen molar-refractivity contribution in [1.29, 1.82) is 0 Å². The standard InChI is InChI=1S/C51H88O12S/c1-3-5-7-9-11-13-15-17-19-20-21-22-23-24-26-27-29-31-33-35-37-39-46(52)60-41-44(42-61-51-50(56)49(55)48(54)45(63-51)43-64(57,58)59)62-47(53)40-38-36-34-32-30-28-25-18-16-14-12-10-8-6-4-2/h18-20,22-23,25-27,31,33,44-45,48-51,54-56H,3-17,21,24,28-30,32,34-43H2,1-2H3,(H,57,58,59)/b20-19+,23-22+,25-18+,27-26+,33-31+/t44-,45-,48-,49?,50?,51+/m1/s1. The first kappa shape index (κ1) is 59.4. The van der Waals surface area contributed by atoms with Gasteiger partial charge in [0.1, 0.15) is 36.8 Å². The fourth-order valence-electron chi connectivity index (χ4n) is 7.19. The molecule has 6 atom stereocenters. The number of ether oxygens (including phenoxy) is 4. The van der Waals surface area contributed by atoms with Gasteiger partial charge < -0.3 is 34.3 Å². The second-order valence-electron chi connectivity index (χ2n) is 17.1. The van der Waals surface area contributed by atoms with Gasteiger partial charge in [0.2, 0.25) is 0 Å². The van der Waals surface area contributed by atoms with Gasteiger partial charge in [0.05, 0.1) is 6.61 Å². The van der Waals surface area contributed by atoms with Gasteiger partial charge in [-0.15, -0.1) is 0 Å². The van der Waals surface area contributed by atoms with Crippen molar-refractivity contribution in [2.45, 2.75) is 230 Å². The van der Waals surface area contributed by atoms with Gasteiger partial charge in [0.15, 0.2) is 12.4 Å². The van der Waals surface area contributed by atoms with Crippen LogP contribution in [0.25, 0.3) is 0 Å². The Morgan fingerprint density at radius 3 is 1.45 bits per heavy atom. The minimum atomic E-state index is -4.61. The summed E-state index contributed by atoms with van der Waals surface area (Å²) in [4.78, 5) is 25.4. The van der Waals surface area contributed by atoms with E-state index in [0.717, 1.165) is 64.2 Å². The Labute approximate surface area is 387 Å². The number of aliphatic hydroxyl groups is 3. The summed E-state index contributed by atoms with van der Waals surface area (Å²) in [5, 5.41) is 30.9. The van der Waals surface area contributed by atoms with Crippen LogP contribution < -0.4 is 0 Å². The molecule has 1 saturated heterocycles. The van der Waals surface area contributed by atoms with Gasteiger partial charge in [-0.05, 0) is 77.0 Å². The molecule has 13 heteroatoms. The Morgan fingerprint density at radius 1 is 0.531 bits per heavy atom. The lowest BCUT2D eigenvalue weighted by Crippen LogP contribution is -2.60. The Balaban J connectivity index is 2.45. The highest BCUT2D eigenvalue weighted by atomic mass is 32.2. The number of esters is 2. The van der Waals surface area contributed by atoms with E-state index in [9.17, 15) is 37.9 Å². The predicted octanol–water partition coefficient (Wildman–Crippen LogP) is 10.9. The zero-order valence-corrected chi connectivity index (χ0v) is 40.4. The fraction of sp³-hybridized carbons (Fsp3) is 0.765. The summed E-state index contributed by atoms with van der Waals surface area (Å²) in [6.45, 7) is 3.70. The molecule has 0 spiro atoms. The van der Waals surface area contributed by atoms with E-state index in [1.54, 1.807) is 0 Å². The molecule has 1 heterocycles. The number of rotatable bonds is 41. The van der Waals surface area contributed by atoms with Gasteiger partial charge in [-0.2, -0.15) is 8.42 Å². The molecule has 0 saturated carbocycles. The quantitative estimate of drug-likeness (QED) is 0.0197. The number of aliphatic hydroxyl groups excluding tert-OH is 3. The highest BCUT2D eigenvalue weighted by Crippen LogP contribution is 2.24. The molecule has 4 N–H and O–H groups in total. The molecule has 1 rings (SSSR count). The maximum absolute atomic E-state index is 12.8. The smallest absolute Gasteiger partial charge is 0.306 e. The van der Waals surface area contributed by atoms with Crippen LogP contribution in [0.4, 0.5) is 0 Å². The van der Waals surface area contributed by atoms with E-state index < -0.39 is 71.2 Å². The highest BCUT2D eigenvalue weighted by Gasteiger charge is 2.46. The average molecular weight is 925 g/mol. The number of hydrogen-bond donors (Lipinski definition) is 4.